The summed E-state index contributed by atoms with van der Waals surface area (Å²) < 4.78 is 8.43. The Morgan fingerprint density at radius 3 is 1.73 bits per heavy atom. The number of hydrogen-bond donors (Lipinski definition) is 0. The highest BCUT2D eigenvalue weighted by atomic mass is 32.2. The Kier molecular flexibility index (Phi) is 3.37. The van der Waals surface area contributed by atoms with Crippen molar-refractivity contribution >= 4 is 23.9 Å². The van der Waals surface area contributed by atoms with Crippen LogP contribution < -0.4 is 9.13 Å². The van der Waals surface area contributed by atoms with Crippen LogP contribution in [-0.2, 0) is 6.67 Å². The molecule has 0 unspecified atom stereocenters. The molecule has 6 heteroatoms. The summed E-state index contributed by atoms with van der Waals surface area (Å²) in [5.41, 5.74) is 0. The van der Waals surface area contributed by atoms with Gasteiger partial charge in [-0.05, 0) is 0 Å². The molecule has 0 aliphatic carbocycles. The summed E-state index contributed by atoms with van der Waals surface area (Å²) in [5, 5.41) is 0. The fourth-order valence-corrected chi connectivity index (χ4v) is 2.10. The largest absolute Gasteiger partial charge is 0.258 e. The van der Waals surface area contributed by atoms with Crippen molar-refractivity contribution in [3.05, 3.63) is 37.4 Å². The smallest absolute Gasteiger partial charge is 0.198 e. The Balaban J connectivity index is 2.07. The van der Waals surface area contributed by atoms with E-state index in [1.165, 1.54) is 0 Å². The summed E-state index contributed by atoms with van der Waals surface area (Å²) in [4.78, 5) is 0. The van der Waals surface area contributed by atoms with E-state index in [0.717, 1.165) is 6.67 Å². The van der Waals surface area contributed by atoms with Crippen molar-refractivity contribution in [3.63, 3.8) is 0 Å². The lowest BCUT2D eigenvalue weighted by molar-refractivity contribution is -0.912. The monoisotopic (exact) mass is 242 g/mol. The zero-order chi connectivity index (χ0) is 10.7. The van der Waals surface area contributed by atoms with Crippen LogP contribution in [0.1, 0.15) is 0 Å². The summed E-state index contributed by atoms with van der Waals surface area (Å²) >= 11 is 3.37. The highest BCUT2D eigenvalue weighted by Gasteiger charge is 2.07. The topological polar surface area (TPSA) is 17.6 Å². The second-order valence-corrected chi connectivity index (χ2v) is 4.66. The van der Waals surface area contributed by atoms with Crippen molar-refractivity contribution in [1.82, 2.24) is 7.94 Å². The van der Waals surface area contributed by atoms with Crippen LogP contribution >= 0.6 is 23.9 Å². The molecule has 0 radical (unpaired) electrons. The average Bonchev–Trinajstić information content (AvgIpc) is 2.87. The minimum atomic E-state index is 0.848. The fourth-order valence-electron chi connectivity index (χ4n) is 1.32. The zero-order valence-electron chi connectivity index (χ0n) is 8.78. The van der Waals surface area contributed by atoms with Crippen molar-refractivity contribution in [2.45, 2.75) is 6.67 Å². The van der Waals surface area contributed by atoms with Crippen LogP contribution in [0.25, 0.3) is 0 Å². The van der Waals surface area contributed by atoms with Gasteiger partial charge < -0.3 is 0 Å². The molecule has 2 aromatic rings. The van der Waals surface area contributed by atoms with Crippen molar-refractivity contribution in [2.24, 2.45) is 0 Å². The molecule has 0 aliphatic heterocycles. The van der Waals surface area contributed by atoms with E-state index >= 15 is 0 Å². The number of aromatic nitrogens is 4. The van der Waals surface area contributed by atoms with Crippen molar-refractivity contribution < 1.29 is 9.13 Å². The predicted octanol–water partition coefficient (Wildman–Crippen LogP) is 0.623. The number of rotatable bonds is 4. The minimum Gasteiger partial charge on any atom is -0.198 e. The second-order valence-electron chi connectivity index (χ2n) is 3.08. The molecule has 0 amide bonds. The summed E-state index contributed by atoms with van der Waals surface area (Å²) in [6.45, 7) is 0.848. The molecule has 0 aromatic carbocycles. The lowest BCUT2D eigenvalue weighted by atomic mass is 10.8. The molecule has 0 fully saturated rings. The first-order valence-electron chi connectivity index (χ1n) is 4.55. The Hall–Kier alpha value is -0.880. The maximum atomic E-state index is 2.14. The number of imidazole rings is 2. The molecule has 80 valence electrons. The van der Waals surface area contributed by atoms with Gasteiger partial charge >= 0.3 is 0 Å². The van der Waals surface area contributed by atoms with Gasteiger partial charge in [-0.25, -0.2) is 0 Å². The number of nitrogens with zero attached hydrogens (tertiary/aromatic N) is 4. The van der Waals surface area contributed by atoms with Crippen LogP contribution in [0.3, 0.4) is 0 Å². The third kappa shape index (κ3) is 2.57. The summed E-state index contributed by atoms with van der Waals surface area (Å²) in [5.74, 6) is 0. The molecular formula is C9H14N4S2+2. The Morgan fingerprint density at radius 2 is 1.40 bits per heavy atom. The average molecular weight is 242 g/mol. The van der Waals surface area contributed by atoms with E-state index in [2.05, 4.69) is 67.0 Å². The lowest BCUT2D eigenvalue weighted by Crippen LogP contribution is -2.49. The molecule has 0 atom stereocenters. The van der Waals surface area contributed by atoms with Gasteiger partial charge in [0, 0.05) is 12.5 Å². The van der Waals surface area contributed by atoms with Crippen molar-refractivity contribution in [1.29, 1.82) is 0 Å². The normalized spacial score (nSPS) is 10.8. The van der Waals surface area contributed by atoms with Gasteiger partial charge in [-0.3, -0.25) is 0 Å². The predicted molar refractivity (Wildman–Crippen MR) is 62.5 cm³/mol. The minimum absolute atomic E-state index is 0.848. The molecule has 4 nitrogen and oxygen atoms in total. The van der Waals surface area contributed by atoms with E-state index in [1.54, 1.807) is 23.9 Å². The first kappa shape index (κ1) is 10.6. The van der Waals surface area contributed by atoms with Gasteiger partial charge in [-0.1, -0.05) is 0 Å². The molecule has 0 saturated heterocycles. The fraction of sp³-hybridized carbons (Fsp3) is 0.333. The third-order valence-electron chi connectivity index (χ3n) is 2.08. The van der Waals surface area contributed by atoms with Gasteiger partial charge in [0.25, 0.3) is 12.7 Å². The summed E-state index contributed by atoms with van der Waals surface area (Å²) in [6.07, 6.45) is 16.5. The molecule has 15 heavy (non-hydrogen) atoms. The Labute approximate surface area is 97.8 Å². The molecule has 0 spiro atoms. The molecular weight excluding hydrogens is 228 g/mol. The molecule has 2 rings (SSSR count). The van der Waals surface area contributed by atoms with Crippen LogP contribution in [0.5, 0.6) is 0 Å². The van der Waals surface area contributed by atoms with E-state index in [9.17, 15) is 0 Å². The van der Waals surface area contributed by atoms with Crippen molar-refractivity contribution in [2.75, 3.05) is 12.5 Å². The lowest BCUT2D eigenvalue weighted by Gasteiger charge is -1.90. The number of hydrogen-bond acceptors (Lipinski definition) is 2. The molecule has 2 heterocycles. The van der Waals surface area contributed by atoms with E-state index in [-0.39, 0.29) is 0 Å². The quantitative estimate of drug-likeness (QED) is 0.732. The zero-order valence-corrected chi connectivity index (χ0v) is 10.4. The maximum Gasteiger partial charge on any atom is 0.258 e. The van der Waals surface area contributed by atoms with E-state index in [1.807, 2.05) is 0 Å². The Morgan fingerprint density at radius 1 is 0.933 bits per heavy atom. The standard InChI is InChI=1S/C9H14N4S2/c1-14-12-5-3-10(8-12)7-11-4-6-13(9-11)15-2/h3-6,8-9H,7H2,1-2H3/q+2. The summed E-state index contributed by atoms with van der Waals surface area (Å²) in [6, 6.07) is 0. The molecule has 0 aliphatic rings. The first-order chi connectivity index (χ1) is 7.31. The van der Waals surface area contributed by atoms with E-state index in [0.29, 0.717) is 0 Å². The first-order valence-corrected chi connectivity index (χ1v) is 6.91. The van der Waals surface area contributed by atoms with Crippen LogP contribution in [0.4, 0.5) is 0 Å². The van der Waals surface area contributed by atoms with Crippen LogP contribution in [0, 0.1) is 0 Å². The highest BCUT2D eigenvalue weighted by Crippen LogP contribution is 1.97. The summed E-state index contributed by atoms with van der Waals surface area (Å²) in [7, 11) is 0. The second kappa shape index (κ2) is 4.76. The van der Waals surface area contributed by atoms with Gasteiger partial charge in [0.05, 0.1) is 23.9 Å². The van der Waals surface area contributed by atoms with Crippen LogP contribution in [-0.4, -0.2) is 20.5 Å². The van der Waals surface area contributed by atoms with Gasteiger partial charge in [0.2, 0.25) is 6.67 Å². The van der Waals surface area contributed by atoms with Gasteiger partial charge in [-0.15, -0.1) is 0 Å². The van der Waals surface area contributed by atoms with E-state index < -0.39 is 0 Å². The SMILES string of the molecule is CSn1cc[n+](C[n+]2ccn(SC)c2)c1. The molecule has 2 aromatic heterocycles. The van der Waals surface area contributed by atoms with Gasteiger partial charge in [0.1, 0.15) is 24.8 Å². The van der Waals surface area contributed by atoms with Crippen LogP contribution in [0.2, 0.25) is 0 Å². The Bertz CT molecular complexity index is 395. The van der Waals surface area contributed by atoms with E-state index in [4.69, 9.17) is 0 Å². The van der Waals surface area contributed by atoms with Crippen molar-refractivity contribution in [3.8, 4) is 0 Å². The third-order valence-corrected chi connectivity index (χ3v) is 3.36. The van der Waals surface area contributed by atoms with Gasteiger partial charge in [0.15, 0.2) is 0 Å². The maximum absolute atomic E-state index is 2.14. The van der Waals surface area contributed by atoms with Gasteiger partial charge in [-0.2, -0.15) is 17.1 Å². The van der Waals surface area contributed by atoms with Crippen LogP contribution in [0.15, 0.2) is 37.4 Å². The highest BCUT2D eigenvalue weighted by molar-refractivity contribution is 7.97. The molecule has 0 bridgehead atoms. The molecule has 0 N–H and O–H groups in total. The molecule has 0 saturated carbocycles.